The Labute approximate surface area is 140 Å². The van der Waals surface area contributed by atoms with E-state index in [2.05, 4.69) is 0 Å². The van der Waals surface area contributed by atoms with Crippen LogP contribution in [0.2, 0.25) is 0 Å². The quantitative estimate of drug-likeness (QED) is 0.671. The molecule has 0 aliphatic rings. The van der Waals surface area contributed by atoms with E-state index in [-0.39, 0.29) is 18.1 Å². The number of nitrogens with zero attached hydrogens (tertiary/aromatic N) is 1. The van der Waals surface area contributed by atoms with Crippen molar-refractivity contribution in [2.45, 2.75) is 38.4 Å². The van der Waals surface area contributed by atoms with Gasteiger partial charge in [-0.3, -0.25) is 14.4 Å². The molecule has 0 aromatic heterocycles. The summed E-state index contributed by atoms with van der Waals surface area (Å²) >= 11 is 5.69. The van der Waals surface area contributed by atoms with Gasteiger partial charge in [-0.05, 0) is 19.4 Å². The molecule has 1 aromatic rings. The topological polar surface area (TPSA) is 106 Å². The summed E-state index contributed by atoms with van der Waals surface area (Å²) in [6.45, 7) is 2.97. The van der Waals surface area contributed by atoms with Crippen LogP contribution in [0.1, 0.15) is 19.4 Å². The molecule has 0 saturated heterocycles. The number of amides is 2. The molecule has 0 fully saturated rings. The molecule has 6 nitrogen and oxygen atoms in total. The summed E-state index contributed by atoms with van der Waals surface area (Å²) in [6, 6.07) is 6.44. The van der Waals surface area contributed by atoms with Crippen LogP contribution < -0.4 is 11.5 Å². The number of carbonyl (C=O) groups is 3. The number of halogens is 1. The predicted molar refractivity (Wildman–Crippen MR) is 88.8 cm³/mol. The Hall–Kier alpha value is -1.92. The summed E-state index contributed by atoms with van der Waals surface area (Å²) < 4.78 is 0. The van der Waals surface area contributed by atoms with Crippen LogP contribution in [0.15, 0.2) is 30.3 Å². The van der Waals surface area contributed by atoms with E-state index in [9.17, 15) is 14.4 Å². The normalized spacial score (nSPS) is 14.6. The van der Waals surface area contributed by atoms with Gasteiger partial charge in [0.1, 0.15) is 6.04 Å². The van der Waals surface area contributed by atoms with Gasteiger partial charge in [0.2, 0.25) is 11.8 Å². The number of primary amides is 1. The number of rotatable bonds is 8. The van der Waals surface area contributed by atoms with Crippen LogP contribution in [0.25, 0.3) is 0 Å². The highest BCUT2D eigenvalue weighted by molar-refractivity contribution is 6.28. The van der Waals surface area contributed by atoms with Crippen molar-refractivity contribution >= 4 is 29.2 Å². The molecule has 0 radical (unpaired) electrons. The fourth-order valence-corrected chi connectivity index (χ4v) is 2.46. The number of alkyl halides is 1. The summed E-state index contributed by atoms with van der Waals surface area (Å²) in [4.78, 5) is 37.5. The minimum Gasteiger partial charge on any atom is -0.368 e. The predicted octanol–water partition coefficient (Wildman–Crippen LogP) is 0.455. The Morgan fingerprint density at radius 2 is 1.74 bits per heavy atom. The van der Waals surface area contributed by atoms with E-state index in [1.165, 1.54) is 13.8 Å². The molecule has 3 atom stereocenters. The number of hydrogen-bond donors (Lipinski definition) is 2. The van der Waals surface area contributed by atoms with Crippen molar-refractivity contribution in [3.8, 4) is 0 Å². The number of carbonyl (C=O) groups excluding carboxylic acids is 3. The summed E-state index contributed by atoms with van der Waals surface area (Å²) in [6.07, 6.45) is 0.239. The van der Waals surface area contributed by atoms with Gasteiger partial charge in [0.25, 0.3) is 0 Å². The van der Waals surface area contributed by atoms with Crippen LogP contribution in [-0.4, -0.2) is 46.5 Å². The maximum absolute atomic E-state index is 12.4. The molecule has 126 valence electrons. The molecule has 2 amide bonds. The highest BCUT2D eigenvalue weighted by atomic mass is 35.5. The van der Waals surface area contributed by atoms with Crippen molar-refractivity contribution in [3.05, 3.63) is 35.9 Å². The summed E-state index contributed by atoms with van der Waals surface area (Å²) in [7, 11) is 0. The Morgan fingerprint density at radius 3 is 2.17 bits per heavy atom. The van der Waals surface area contributed by atoms with Crippen molar-refractivity contribution in [1.82, 2.24) is 4.90 Å². The molecule has 7 heteroatoms. The van der Waals surface area contributed by atoms with Crippen molar-refractivity contribution in [1.29, 1.82) is 0 Å². The SMILES string of the molecule is C[C@H](N)C(=O)N([C@@H](C)C(N)=O)[C@@H](Cc1ccccc1)C(=O)CCl. The lowest BCUT2D eigenvalue weighted by molar-refractivity contribution is -0.145. The summed E-state index contributed by atoms with van der Waals surface area (Å²) in [5, 5.41) is 0. The van der Waals surface area contributed by atoms with Gasteiger partial charge in [0.15, 0.2) is 5.78 Å². The van der Waals surface area contributed by atoms with Crippen molar-refractivity contribution in [2.75, 3.05) is 5.88 Å². The number of benzene rings is 1. The van der Waals surface area contributed by atoms with E-state index in [4.69, 9.17) is 23.1 Å². The Kier molecular flexibility index (Phi) is 7.19. The van der Waals surface area contributed by atoms with Crippen LogP contribution in [-0.2, 0) is 20.8 Å². The van der Waals surface area contributed by atoms with Gasteiger partial charge in [0.05, 0.1) is 18.0 Å². The van der Waals surface area contributed by atoms with Crippen LogP contribution in [0, 0.1) is 0 Å². The number of ketones is 1. The van der Waals surface area contributed by atoms with Gasteiger partial charge in [-0.25, -0.2) is 0 Å². The lowest BCUT2D eigenvalue weighted by Crippen LogP contribution is -2.58. The summed E-state index contributed by atoms with van der Waals surface area (Å²) in [5.74, 6) is -1.86. The van der Waals surface area contributed by atoms with Gasteiger partial charge in [-0.2, -0.15) is 0 Å². The van der Waals surface area contributed by atoms with Crippen LogP contribution in [0.3, 0.4) is 0 Å². The van der Waals surface area contributed by atoms with E-state index in [0.717, 1.165) is 10.5 Å². The average Bonchev–Trinajstić information content (AvgIpc) is 2.53. The second-order valence-corrected chi connectivity index (χ2v) is 5.69. The molecule has 1 rings (SSSR count). The third-order valence-electron chi connectivity index (χ3n) is 3.58. The molecule has 0 aliphatic carbocycles. The molecule has 0 aliphatic heterocycles. The van der Waals surface area contributed by atoms with E-state index in [0.29, 0.717) is 0 Å². The summed E-state index contributed by atoms with van der Waals surface area (Å²) in [5.41, 5.74) is 11.8. The van der Waals surface area contributed by atoms with E-state index in [1.54, 1.807) is 0 Å². The van der Waals surface area contributed by atoms with Gasteiger partial charge in [0, 0.05) is 6.42 Å². The van der Waals surface area contributed by atoms with Crippen molar-refractivity contribution in [3.63, 3.8) is 0 Å². The average molecular weight is 340 g/mol. The molecule has 23 heavy (non-hydrogen) atoms. The molecular weight excluding hydrogens is 318 g/mol. The maximum Gasteiger partial charge on any atom is 0.240 e. The molecule has 1 aromatic carbocycles. The Morgan fingerprint density at radius 1 is 1.17 bits per heavy atom. The second kappa shape index (κ2) is 8.64. The first-order valence-corrected chi connectivity index (χ1v) is 7.82. The van der Waals surface area contributed by atoms with Gasteiger partial charge in [-0.1, -0.05) is 30.3 Å². The standard InChI is InChI=1S/C16H22ClN3O3/c1-10(18)16(23)20(11(2)15(19)22)13(14(21)9-17)8-12-6-4-3-5-7-12/h3-7,10-11,13H,8-9,18H2,1-2H3,(H2,19,22)/t10-,11-,13-/m0/s1. The van der Waals surface area contributed by atoms with Gasteiger partial charge >= 0.3 is 0 Å². The highest BCUT2D eigenvalue weighted by Crippen LogP contribution is 2.16. The van der Waals surface area contributed by atoms with E-state index >= 15 is 0 Å². The van der Waals surface area contributed by atoms with Crippen LogP contribution in [0.5, 0.6) is 0 Å². The minimum absolute atomic E-state index is 0.239. The number of hydrogen-bond acceptors (Lipinski definition) is 4. The molecule has 0 unspecified atom stereocenters. The van der Waals surface area contributed by atoms with Gasteiger partial charge < -0.3 is 16.4 Å². The minimum atomic E-state index is -0.964. The van der Waals surface area contributed by atoms with Gasteiger partial charge in [-0.15, -0.1) is 11.6 Å². The monoisotopic (exact) mass is 339 g/mol. The first-order chi connectivity index (χ1) is 10.8. The third-order valence-corrected chi connectivity index (χ3v) is 3.85. The third kappa shape index (κ3) is 5.04. The zero-order chi connectivity index (χ0) is 17.6. The fourth-order valence-electron chi connectivity index (χ4n) is 2.28. The van der Waals surface area contributed by atoms with E-state index < -0.39 is 29.9 Å². The largest absolute Gasteiger partial charge is 0.368 e. The smallest absolute Gasteiger partial charge is 0.240 e. The first kappa shape index (κ1) is 19.1. The number of Topliss-reactive ketones (excluding diaryl/α,β-unsaturated/α-hetero) is 1. The van der Waals surface area contributed by atoms with Crippen molar-refractivity contribution in [2.24, 2.45) is 11.5 Å². The Balaban J connectivity index is 3.23. The zero-order valence-electron chi connectivity index (χ0n) is 13.2. The molecule has 0 saturated carbocycles. The second-order valence-electron chi connectivity index (χ2n) is 5.42. The molecule has 0 bridgehead atoms. The number of nitrogens with two attached hydrogens (primary N) is 2. The first-order valence-electron chi connectivity index (χ1n) is 7.29. The van der Waals surface area contributed by atoms with E-state index in [1.807, 2.05) is 30.3 Å². The van der Waals surface area contributed by atoms with Crippen LogP contribution in [0.4, 0.5) is 0 Å². The molecule has 0 spiro atoms. The molecule has 0 heterocycles. The zero-order valence-corrected chi connectivity index (χ0v) is 14.0. The molecular formula is C16H22ClN3O3. The van der Waals surface area contributed by atoms with Crippen molar-refractivity contribution < 1.29 is 14.4 Å². The maximum atomic E-state index is 12.4. The Bertz CT molecular complexity index is 563. The fraction of sp³-hybridized carbons (Fsp3) is 0.438. The molecule has 4 N–H and O–H groups in total. The van der Waals surface area contributed by atoms with Crippen LogP contribution >= 0.6 is 11.6 Å². The highest BCUT2D eigenvalue weighted by Gasteiger charge is 2.36. The lowest BCUT2D eigenvalue weighted by Gasteiger charge is -2.35. The lowest BCUT2D eigenvalue weighted by atomic mass is 9.99.